The van der Waals surface area contributed by atoms with Gasteiger partial charge in [-0.25, -0.2) is 9.38 Å². The minimum absolute atomic E-state index is 0. The lowest BCUT2D eigenvalue weighted by atomic mass is 10.0. The molecule has 1 heterocycles. The molecule has 1 aliphatic rings. The predicted octanol–water partition coefficient (Wildman–Crippen LogP) is 4.15. The van der Waals surface area contributed by atoms with Crippen LogP contribution >= 0.6 is 24.0 Å². The van der Waals surface area contributed by atoms with Crippen LogP contribution in [0.15, 0.2) is 29.3 Å². The molecule has 0 spiro atoms. The first-order chi connectivity index (χ1) is 12.2. The summed E-state index contributed by atoms with van der Waals surface area (Å²) in [5.41, 5.74) is 0.624. The SMILES string of the molecule is CCNC(=NCc1ccccc1F)NCCCCN1CCCCC1C.I. The number of guanidine groups is 1. The van der Waals surface area contributed by atoms with Gasteiger partial charge in [0.25, 0.3) is 0 Å². The van der Waals surface area contributed by atoms with E-state index in [2.05, 4.69) is 27.4 Å². The van der Waals surface area contributed by atoms with E-state index in [1.54, 1.807) is 12.1 Å². The number of hydrogen-bond donors (Lipinski definition) is 2. The van der Waals surface area contributed by atoms with Crippen LogP contribution in [0.3, 0.4) is 0 Å². The van der Waals surface area contributed by atoms with E-state index in [1.165, 1.54) is 44.8 Å². The summed E-state index contributed by atoms with van der Waals surface area (Å²) in [6.45, 7) is 8.87. The monoisotopic (exact) mass is 476 g/mol. The summed E-state index contributed by atoms with van der Waals surface area (Å²) in [6, 6.07) is 7.54. The Morgan fingerprint density at radius 3 is 2.77 bits per heavy atom. The summed E-state index contributed by atoms with van der Waals surface area (Å²) < 4.78 is 13.7. The van der Waals surface area contributed by atoms with Gasteiger partial charge in [-0.1, -0.05) is 24.6 Å². The summed E-state index contributed by atoms with van der Waals surface area (Å²) in [5, 5.41) is 6.58. The van der Waals surface area contributed by atoms with Gasteiger partial charge in [0.05, 0.1) is 6.54 Å². The van der Waals surface area contributed by atoms with Crippen LogP contribution in [0, 0.1) is 5.82 Å². The Balaban J connectivity index is 0.00000338. The second-order valence-electron chi connectivity index (χ2n) is 6.80. The molecular weight excluding hydrogens is 442 g/mol. The average molecular weight is 476 g/mol. The van der Waals surface area contributed by atoms with Crippen molar-refractivity contribution in [2.45, 2.75) is 58.5 Å². The van der Waals surface area contributed by atoms with Gasteiger partial charge in [-0.15, -0.1) is 24.0 Å². The molecule has 2 N–H and O–H groups in total. The molecule has 6 heteroatoms. The third kappa shape index (κ3) is 8.20. The Morgan fingerprint density at radius 1 is 1.23 bits per heavy atom. The van der Waals surface area contributed by atoms with Crippen molar-refractivity contribution in [3.8, 4) is 0 Å². The van der Waals surface area contributed by atoms with E-state index in [9.17, 15) is 4.39 Å². The fourth-order valence-corrected chi connectivity index (χ4v) is 3.27. The largest absolute Gasteiger partial charge is 0.357 e. The maximum Gasteiger partial charge on any atom is 0.191 e. The van der Waals surface area contributed by atoms with Gasteiger partial charge < -0.3 is 15.5 Å². The second-order valence-corrected chi connectivity index (χ2v) is 6.80. The third-order valence-corrected chi connectivity index (χ3v) is 4.81. The topological polar surface area (TPSA) is 39.7 Å². The van der Waals surface area contributed by atoms with Gasteiger partial charge in [0.2, 0.25) is 0 Å². The van der Waals surface area contributed by atoms with Crippen molar-refractivity contribution < 1.29 is 4.39 Å². The van der Waals surface area contributed by atoms with Crippen LogP contribution in [0.25, 0.3) is 0 Å². The fraction of sp³-hybridized carbons (Fsp3) is 0.650. The van der Waals surface area contributed by atoms with E-state index < -0.39 is 0 Å². The number of aliphatic imine (C=N–C) groups is 1. The van der Waals surface area contributed by atoms with E-state index in [-0.39, 0.29) is 29.8 Å². The maximum atomic E-state index is 13.7. The summed E-state index contributed by atoms with van der Waals surface area (Å²) in [6.07, 6.45) is 6.38. The number of nitrogens with one attached hydrogen (secondary N) is 2. The van der Waals surface area contributed by atoms with Gasteiger partial charge in [0, 0.05) is 24.7 Å². The highest BCUT2D eigenvalue weighted by Gasteiger charge is 2.16. The second kappa shape index (κ2) is 13.3. The highest BCUT2D eigenvalue weighted by Crippen LogP contribution is 2.16. The maximum absolute atomic E-state index is 13.7. The van der Waals surface area contributed by atoms with Crippen molar-refractivity contribution in [1.29, 1.82) is 0 Å². The molecule has 1 aromatic carbocycles. The number of nitrogens with zero attached hydrogens (tertiary/aromatic N) is 2. The van der Waals surface area contributed by atoms with E-state index in [0.29, 0.717) is 12.1 Å². The minimum Gasteiger partial charge on any atom is -0.357 e. The zero-order valence-corrected chi connectivity index (χ0v) is 18.5. The highest BCUT2D eigenvalue weighted by molar-refractivity contribution is 14.0. The van der Waals surface area contributed by atoms with Crippen LogP contribution in [0.1, 0.15) is 51.5 Å². The molecule has 1 aromatic rings. The average Bonchev–Trinajstić information content (AvgIpc) is 2.62. The number of likely N-dealkylation sites (tertiary alicyclic amines) is 1. The lowest BCUT2D eigenvalue weighted by molar-refractivity contribution is 0.158. The number of benzene rings is 1. The molecule has 148 valence electrons. The van der Waals surface area contributed by atoms with Crippen LogP contribution in [0.4, 0.5) is 4.39 Å². The van der Waals surface area contributed by atoms with Crippen LogP contribution < -0.4 is 10.6 Å². The Hall–Kier alpha value is -0.890. The molecule has 4 nitrogen and oxygen atoms in total. The van der Waals surface area contributed by atoms with E-state index in [0.717, 1.165) is 31.5 Å². The van der Waals surface area contributed by atoms with E-state index >= 15 is 0 Å². The zero-order valence-electron chi connectivity index (χ0n) is 16.1. The lowest BCUT2D eigenvalue weighted by Gasteiger charge is -2.33. The Morgan fingerprint density at radius 2 is 2.04 bits per heavy atom. The van der Waals surface area contributed by atoms with Gasteiger partial charge in [0.1, 0.15) is 5.82 Å². The highest BCUT2D eigenvalue weighted by atomic mass is 127. The quantitative estimate of drug-likeness (QED) is 0.256. The smallest absolute Gasteiger partial charge is 0.191 e. The molecule has 0 aromatic heterocycles. The van der Waals surface area contributed by atoms with E-state index in [4.69, 9.17) is 0 Å². The Kier molecular flexibility index (Phi) is 11.8. The Bertz CT molecular complexity index is 538. The van der Waals surface area contributed by atoms with Crippen molar-refractivity contribution in [2.24, 2.45) is 4.99 Å². The lowest BCUT2D eigenvalue weighted by Crippen LogP contribution is -2.39. The van der Waals surface area contributed by atoms with Crippen molar-refractivity contribution in [1.82, 2.24) is 15.5 Å². The molecule has 0 aliphatic carbocycles. The van der Waals surface area contributed by atoms with Gasteiger partial charge in [-0.3, -0.25) is 0 Å². The van der Waals surface area contributed by atoms with Crippen LogP contribution in [0.5, 0.6) is 0 Å². The van der Waals surface area contributed by atoms with Crippen molar-refractivity contribution in [3.05, 3.63) is 35.6 Å². The first kappa shape index (κ1) is 23.1. The van der Waals surface area contributed by atoms with Gasteiger partial charge in [-0.2, -0.15) is 0 Å². The normalized spacial score (nSPS) is 18.3. The first-order valence-electron chi connectivity index (χ1n) is 9.70. The van der Waals surface area contributed by atoms with Crippen LogP contribution in [0.2, 0.25) is 0 Å². The first-order valence-corrected chi connectivity index (χ1v) is 9.70. The molecule has 0 saturated carbocycles. The number of piperidine rings is 1. The van der Waals surface area contributed by atoms with Crippen molar-refractivity contribution >= 4 is 29.9 Å². The van der Waals surface area contributed by atoms with Gasteiger partial charge in [0.15, 0.2) is 5.96 Å². The summed E-state index contributed by atoms with van der Waals surface area (Å²) in [7, 11) is 0. The summed E-state index contributed by atoms with van der Waals surface area (Å²) >= 11 is 0. The number of unbranched alkanes of at least 4 members (excludes halogenated alkanes) is 1. The third-order valence-electron chi connectivity index (χ3n) is 4.81. The molecule has 26 heavy (non-hydrogen) atoms. The number of halogens is 2. The molecule has 1 atom stereocenters. The number of hydrogen-bond acceptors (Lipinski definition) is 2. The molecule has 1 fully saturated rings. The van der Waals surface area contributed by atoms with Crippen LogP contribution in [-0.4, -0.2) is 43.1 Å². The van der Waals surface area contributed by atoms with E-state index in [1.807, 2.05) is 13.0 Å². The molecule has 0 radical (unpaired) electrons. The van der Waals surface area contributed by atoms with Crippen molar-refractivity contribution in [3.63, 3.8) is 0 Å². The molecular formula is C20H34FIN4. The molecule has 0 amide bonds. The summed E-state index contributed by atoms with van der Waals surface area (Å²) in [5.74, 6) is 0.565. The van der Waals surface area contributed by atoms with Gasteiger partial charge in [-0.05, 0) is 58.7 Å². The molecule has 1 saturated heterocycles. The van der Waals surface area contributed by atoms with Crippen LogP contribution in [-0.2, 0) is 6.54 Å². The standard InChI is InChI=1S/C20H33FN4.HI/c1-3-22-20(24-16-18-11-4-5-12-19(18)21)23-13-7-9-15-25-14-8-6-10-17(25)2;/h4-5,11-12,17H,3,6-10,13-16H2,1-2H3,(H2,22,23,24);1H. The Labute approximate surface area is 175 Å². The fourth-order valence-electron chi connectivity index (χ4n) is 3.27. The molecule has 2 rings (SSSR count). The zero-order chi connectivity index (χ0) is 17.9. The molecule has 0 bridgehead atoms. The molecule has 1 aliphatic heterocycles. The molecule has 1 unspecified atom stereocenters. The predicted molar refractivity (Wildman–Crippen MR) is 119 cm³/mol. The van der Waals surface area contributed by atoms with Gasteiger partial charge >= 0.3 is 0 Å². The van der Waals surface area contributed by atoms with Crippen molar-refractivity contribution in [2.75, 3.05) is 26.2 Å². The minimum atomic E-state index is -0.197. The number of rotatable bonds is 8. The summed E-state index contributed by atoms with van der Waals surface area (Å²) in [4.78, 5) is 7.10.